The third-order valence-electron chi connectivity index (χ3n) is 3.60. The van der Waals surface area contributed by atoms with Crippen LogP contribution in [0.3, 0.4) is 0 Å². The second-order valence-electron chi connectivity index (χ2n) is 5.19. The quantitative estimate of drug-likeness (QED) is 0.797. The van der Waals surface area contributed by atoms with Crippen LogP contribution in [0.25, 0.3) is 11.1 Å². The van der Waals surface area contributed by atoms with E-state index in [0.717, 1.165) is 22.6 Å². The number of hydrogen-bond donors (Lipinski definition) is 0. The normalized spacial score (nSPS) is 18.4. The molecule has 1 atom stereocenters. The van der Waals surface area contributed by atoms with E-state index in [-0.39, 0.29) is 11.8 Å². The number of nitrogens with zero attached hydrogens (tertiary/aromatic N) is 3. The Hall–Kier alpha value is -2.30. The predicted octanol–water partition coefficient (Wildman–Crippen LogP) is 2.08. The molecule has 1 aliphatic rings. The topological polar surface area (TPSA) is 47.4 Å². The second kappa shape index (κ2) is 4.67. The van der Waals surface area contributed by atoms with Crippen LogP contribution in [0.5, 0.6) is 5.75 Å². The van der Waals surface area contributed by atoms with Crippen LogP contribution in [-0.4, -0.2) is 29.3 Å². The minimum Gasteiger partial charge on any atom is -0.491 e. The van der Waals surface area contributed by atoms with E-state index in [0.29, 0.717) is 6.61 Å². The van der Waals surface area contributed by atoms with Gasteiger partial charge >= 0.3 is 0 Å². The molecule has 0 saturated heterocycles. The van der Waals surface area contributed by atoms with Gasteiger partial charge in [-0.05, 0) is 17.7 Å². The van der Waals surface area contributed by atoms with E-state index in [4.69, 9.17) is 4.74 Å². The number of carbonyl (C=O) groups is 1. The molecule has 0 saturated carbocycles. The summed E-state index contributed by atoms with van der Waals surface area (Å²) in [5.74, 6) is 0.694. The van der Waals surface area contributed by atoms with Gasteiger partial charge in [-0.2, -0.15) is 5.10 Å². The van der Waals surface area contributed by atoms with Crippen LogP contribution in [0.2, 0.25) is 0 Å². The highest BCUT2D eigenvalue weighted by atomic mass is 16.5. The molecule has 1 aliphatic heterocycles. The maximum atomic E-state index is 12.2. The molecular weight excluding hydrogens is 254 g/mol. The molecule has 0 bridgehead atoms. The molecule has 0 aliphatic carbocycles. The Morgan fingerprint density at radius 3 is 2.80 bits per heavy atom. The summed E-state index contributed by atoms with van der Waals surface area (Å²) in [7, 11) is 3.67. The number of anilines is 1. The van der Waals surface area contributed by atoms with Gasteiger partial charge in [-0.3, -0.25) is 9.48 Å². The molecule has 2 heterocycles. The molecule has 5 heteroatoms. The van der Waals surface area contributed by atoms with Gasteiger partial charge in [0.2, 0.25) is 5.91 Å². The molecule has 5 nitrogen and oxygen atoms in total. The van der Waals surface area contributed by atoms with Crippen molar-refractivity contribution in [1.29, 1.82) is 0 Å². The van der Waals surface area contributed by atoms with E-state index < -0.39 is 0 Å². The van der Waals surface area contributed by atoms with Crippen molar-refractivity contribution >= 4 is 11.6 Å². The van der Waals surface area contributed by atoms with Crippen LogP contribution in [0, 0.1) is 5.92 Å². The Bertz CT molecular complexity index is 663. The number of benzene rings is 1. The van der Waals surface area contributed by atoms with E-state index in [1.807, 2.05) is 44.6 Å². The fourth-order valence-corrected chi connectivity index (χ4v) is 2.39. The molecule has 2 aromatic rings. The number of ether oxygens (including phenoxy) is 1. The molecule has 3 rings (SSSR count). The zero-order chi connectivity index (χ0) is 14.3. The number of rotatable bonds is 1. The first-order chi connectivity index (χ1) is 9.56. The first-order valence-electron chi connectivity index (χ1n) is 6.59. The maximum absolute atomic E-state index is 12.2. The number of amides is 1. The molecule has 0 fully saturated rings. The number of hydrogen-bond acceptors (Lipinski definition) is 3. The summed E-state index contributed by atoms with van der Waals surface area (Å²) in [6.07, 6.45) is 3.76. The monoisotopic (exact) mass is 271 g/mol. The minimum absolute atomic E-state index is 0.0760. The third kappa shape index (κ3) is 2.05. The minimum atomic E-state index is -0.130. The molecule has 1 unspecified atom stereocenters. The van der Waals surface area contributed by atoms with Gasteiger partial charge in [0, 0.05) is 25.9 Å². The highest BCUT2D eigenvalue weighted by molar-refractivity contribution is 5.97. The maximum Gasteiger partial charge on any atom is 0.233 e. The van der Waals surface area contributed by atoms with Gasteiger partial charge in [0.15, 0.2) is 0 Å². The van der Waals surface area contributed by atoms with Gasteiger partial charge in [0.05, 0.1) is 24.4 Å². The highest BCUT2D eigenvalue weighted by Gasteiger charge is 2.26. The van der Waals surface area contributed by atoms with Crippen molar-refractivity contribution in [3.8, 4) is 16.9 Å². The smallest absolute Gasteiger partial charge is 0.233 e. The lowest BCUT2D eigenvalue weighted by Crippen LogP contribution is -2.31. The Balaban J connectivity index is 2.06. The van der Waals surface area contributed by atoms with Crippen molar-refractivity contribution in [2.45, 2.75) is 6.92 Å². The van der Waals surface area contributed by atoms with Gasteiger partial charge < -0.3 is 9.64 Å². The average Bonchev–Trinajstić information content (AvgIpc) is 2.85. The summed E-state index contributed by atoms with van der Waals surface area (Å²) in [5.41, 5.74) is 2.85. The zero-order valence-corrected chi connectivity index (χ0v) is 11.8. The molecular formula is C15H17N3O2. The number of aromatic nitrogens is 2. The van der Waals surface area contributed by atoms with Crippen molar-refractivity contribution in [2.75, 3.05) is 18.6 Å². The molecule has 0 radical (unpaired) electrons. The zero-order valence-electron chi connectivity index (χ0n) is 11.8. The van der Waals surface area contributed by atoms with Crippen LogP contribution in [0.4, 0.5) is 5.69 Å². The fourth-order valence-electron chi connectivity index (χ4n) is 2.39. The van der Waals surface area contributed by atoms with Gasteiger partial charge in [-0.1, -0.05) is 13.0 Å². The van der Waals surface area contributed by atoms with E-state index in [2.05, 4.69) is 5.10 Å². The summed E-state index contributed by atoms with van der Waals surface area (Å²) in [6.45, 7) is 2.30. The third-order valence-corrected chi connectivity index (χ3v) is 3.60. The van der Waals surface area contributed by atoms with Crippen LogP contribution < -0.4 is 9.64 Å². The Labute approximate surface area is 117 Å². The lowest BCUT2D eigenvalue weighted by atomic mass is 10.1. The first kappa shape index (κ1) is 12.7. The van der Waals surface area contributed by atoms with Crippen molar-refractivity contribution in [2.24, 2.45) is 13.0 Å². The van der Waals surface area contributed by atoms with Crippen LogP contribution in [-0.2, 0) is 11.8 Å². The Morgan fingerprint density at radius 1 is 1.30 bits per heavy atom. The largest absolute Gasteiger partial charge is 0.491 e. The van der Waals surface area contributed by atoms with E-state index in [9.17, 15) is 4.79 Å². The van der Waals surface area contributed by atoms with Gasteiger partial charge in [0.1, 0.15) is 5.75 Å². The molecule has 1 aromatic heterocycles. The Kier molecular flexibility index (Phi) is 2.97. The molecule has 0 spiro atoms. The standard InChI is InChI=1S/C15H17N3O2/c1-10-9-20-14-5-4-11(12-7-16-17(2)8-12)6-13(14)18(3)15(10)19/h4-8,10H,9H2,1-3H3. The lowest BCUT2D eigenvalue weighted by Gasteiger charge is -2.18. The predicted molar refractivity (Wildman–Crippen MR) is 76.7 cm³/mol. The highest BCUT2D eigenvalue weighted by Crippen LogP contribution is 2.35. The van der Waals surface area contributed by atoms with Crippen LogP contribution in [0.15, 0.2) is 30.6 Å². The summed E-state index contributed by atoms with van der Waals surface area (Å²) >= 11 is 0. The van der Waals surface area contributed by atoms with Crippen LogP contribution >= 0.6 is 0 Å². The summed E-state index contributed by atoms with van der Waals surface area (Å²) in [6, 6.07) is 5.88. The van der Waals surface area contributed by atoms with E-state index in [1.165, 1.54) is 0 Å². The van der Waals surface area contributed by atoms with Gasteiger partial charge in [-0.25, -0.2) is 0 Å². The number of fused-ring (bicyclic) bond motifs is 1. The van der Waals surface area contributed by atoms with Crippen molar-refractivity contribution in [3.05, 3.63) is 30.6 Å². The lowest BCUT2D eigenvalue weighted by molar-refractivity contribution is -0.122. The number of aryl methyl sites for hydroxylation is 1. The molecule has 20 heavy (non-hydrogen) atoms. The summed E-state index contributed by atoms with van der Waals surface area (Å²) in [4.78, 5) is 13.9. The van der Waals surface area contributed by atoms with Gasteiger partial charge in [0.25, 0.3) is 0 Å². The van der Waals surface area contributed by atoms with Crippen molar-refractivity contribution in [1.82, 2.24) is 9.78 Å². The SMILES string of the molecule is CC1COc2ccc(-c3cnn(C)c3)cc2N(C)C1=O. The first-order valence-corrected chi connectivity index (χ1v) is 6.59. The van der Waals surface area contributed by atoms with Crippen molar-refractivity contribution in [3.63, 3.8) is 0 Å². The van der Waals surface area contributed by atoms with E-state index in [1.54, 1.807) is 16.6 Å². The molecule has 104 valence electrons. The average molecular weight is 271 g/mol. The molecule has 1 amide bonds. The Morgan fingerprint density at radius 2 is 2.10 bits per heavy atom. The fraction of sp³-hybridized carbons (Fsp3) is 0.333. The van der Waals surface area contributed by atoms with E-state index >= 15 is 0 Å². The van der Waals surface area contributed by atoms with Crippen molar-refractivity contribution < 1.29 is 9.53 Å². The summed E-state index contributed by atoms with van der Waals surface area (Å²) in [5, 5.41) is 4.17. The number of carbonyl (C=O) groups excluding carboxylic acids is 1. The molecule has 0 N–H and O–H groups in total. The van der Waals surface area contributed by atoms with Gasteiger partial charge in [-0.15, -0.1) is 0 Å². The summed E-state index contributed by atoms with van der Waals surface area (Å²) < 4.78 is 7.47. The van der Waals surface area contributed by atoms with Crippen LogP contribution in [0.1, 0.15) is 6.92 Å². The molecule has 1 aromatic carbocycles. The second-order valence-corrected chi connectivity index (χ2v) is 5.19.